The van der Waals surface area contributed by atoms with E-state index in [1.807, 2.05) is 53.1 Å². The number of halogens is 1. The average Bonchev–Trinajstić information content (AvgIpc) is 2.94. The van der Waals surface area contributed by atoms with E-state index in [9.17, 15) is 4.79 Å². The normalized spacial score (nSPS) is 11.0. The molecule has 0 atom stereocenters. The van der Waals surface area contributed by atoms with Crippen molar-refractivity contribution in [3.05, 3.63) is 82.0 Å². The van der Waals surface area contributed by atoms with Gasteiger partial charge in [0.15, 0.2) is 0 Å². The fourth-order valence-corrected chi connectivity index (χ4v) is 3.85. The van der Waals surface area contributed by atoms with Gasteiger partial charge in [-0.1, -0.05) is 45.9 Å². The van der Waals surface area contributed by atoms with Crippen molar-refractivity contribution >= 4 is 33.3 Å². The molecule has 3 heterocycles. The molecule has 1 aromatic carbocycles. The van der Waals surface area contributed by atoms with E-state index in [2.05, 4.69) is 15.9 Å². The first-order valence-corrected chi connectivity index (χ1v) is 8.81. The summed E-state index contributed by atoms with van der Waals surface area (Å²) in [5, 5.41) is 0.953. The summed E-state index contributed by atoms with van der Waals surface area (Å²) in [7, 11) is 0. The molecular formula is C18H11BrN2O2S. The third kappa shape index (κ3) is 2.90. The summed E-state index contributed by atoms with van der Waals surface area (Å²) in [6.45, 7) is 0. The van der Waals surface area contributed by atoms with Crippen LogP contribution in [0.3, 0.4) is 0 Å². The van der Waals surface area contributed by atoms with Crippen LogP contribution >= 0.6 is 27.7 Å². The van der Waals surface area contributed by atoms with Crippen molar-refractivity contribution in [1.82, 2.24) is 9.38 Å². The lowest BCUT2D eigenvalue weighted by Crippen LogP contribution is -1.95. The number of fused-ring (bicyclic) bond motifs is 1. The number of imidazole rings is 1. The van der Waals surface area contributed by atoms with Gasteiger partial charge >= 0.3 is 5.63 Å². The second kappa shape index (κ2) is 6.30. The Balaban J connectivity index is 1.92. The number of rotatable bonds is 3. The first kappa shape index (κ1) is 15.2. The highest BCUT2D eigenvalue weighted by Crippen LogP contribution is 2.36. The Bertz CT molecular complexity index is 1090. The zero-order valence-electron chi connectivity index (χ0n) is 12.3. The maximum atomic E-state index is 11.5. The van der Waals surface area contributed by atoms with Crippen LogP contribution in [0.1, 0.15) is 0 Å². The summed E-state index contributed by atoms with van der Waals surface area (Å²) in [6.07, 6.45) is 3.38. The third-order valence-corrected chi connectivity index (χ3v) is 5.04. The average molecular weight is 399 g/mol. The lowest BCUT2D eigenvalue weighted by atomic mass is 10.2. The minimum atomic E-state index is -0.363. The molecule has 0 unspecified atom stereocenters. The van der Waals surface area contributed by atoms with Crippen molar-refractivity contribution in [2.75, 3.05) is 0 Å². The van der Waals surface area contributed by atoms with Crippen molar-refractivity contribution in [1.29, 1.82) is 0 Å². The number of pyridine rings is 1. The zero-order valence-corrected chi connectivity index (χ0v) is 14.8. The van der Waals surface area contributed by atoms with E-state index in [1.54, 1.807) is 6.07 Å². The van der Waals surface area contributed by atoms with Crippen molar-refractivity contribution in [3.63, 3.8) is 0 Å². The SMILES string of the molecule is O=c1cc(Sc2c(-c3cccc(Br)c3)nc3ccccn23)cco1. The van der Waals surface area contributed by atoms with Crippen LogP contribution in [0.2, 0.25) is 0 Å². The summed E-state index contributed by atoms with van der Waals surface area (Å²) in [4.78, 5) is 17.0. The number of benzene rings is 1. The molecule has 0 radical (unpaired) electrons. The predicted octanol–water partition coefficient (Wildman–Crippen LogP) is 4.87. The van der Waals surface area contributed by atoms with Crippen LogP contribution in [0.4, 0.5) is 0 Å². The van der Waals surface area contributed by atoms with Crippen molar-refractivity contribution in [2.45, 2.75) is 9.92 Å². The molecule has 0 aliphatic heterocycles. The topological polar surface area (TPSA) is 47.5 Å². The molecule has 4 nitrogen and oxygen atoms in total. The molecule has 4 aromatic rings. The molecule has 6 heteroatoms. The number of aromatic nitrogens is 2. The van der Waals surface area contributed by atoms with Crippen molar-refractivity contribution in [2.24, 2.45) is 0 Å². The van der Waals surface area contributed by atoms with E-state index in [0.717, 1.165) is 31.3 Å². The van der Waals surface area contributed by atoms with E-state index < -0.39 is 0 Å². The van der Waals surface area contributed by atoms with Crippen LogP contribution in [-0.2, 0) is 0 Å². The molecule has 0 aliphatic rings. The Morgan fingerprint density at radius 1 is 1.08 bits per heavy atom. The minimum Gasteiger partial charge on any atom is -0.431 e. The van der Waals surface area contributed by atoms with E-state index in [0.29, 0.717) is 0 Å². The van der Waals surface area contributed by atoms with Gasteiger partial charge in [-0.15, -0.1) is 0 Å². The highest BCUT2D eigenvalue weighted by Gasteiger charge is 2.15. The van der Waals surface area contributed by atoms with E-state index in [1.165, 1.54) is 24.1 Å². The standard InChI is InChI=1S/C18H11BrN2O2S/c19-13-5-3-4-12(10-13)17-18(21-8-2-1-6-15(21)20-17)24-14-7-9-23-16(22)11-14/h1-11H. The van der Waals surface area contributed by atoms with Crippen molar-refractivity contribution < 1.29 is 4.42 Å². The molecule has 0 fully saturated rings. The minimum absolute atomic E-state index is 0.363. The van der Waals surface area contributed by atoms with Crippen LogP contribution in [0.5, 0.6) is 0 Å². The molecule has 0 bridgehead atoms. The van der Waals surface area contributed by atoms with E-state index >= 15 is 0 Å². The largest absolute Gasteiger partial charge is 0.431 e. The van der Waals surface area contributed by atoms with E-state index in [4.69, 9.17) is 9.40 Å². The van der Waals surface area contributed by atoms with Crippen LogP contribution in [0, 0.1) is 0 Å². The molecule has 0 saturated carbocycles. The zero-order chi connectivity index (χ0) is 16.5. The van der Waals surface area contributed by atoms with Crippen LogP contribution in [-0.4, -0.2) is 9.38 Å². The van der Waals surface area contributed by atoms with Crippen LogP contribution < -0.4 is 5.63 Å². The fourth-order valence-electron chi connectivity index (χ4n) is 2.44. The van der Waals surface area contributed by atoms with Gasteiger partial charge in [0.1, 0.15) is 16.4 Å². The molecule has 3 aromatic heterocycles. The Labute approximate surface area is 150 Å². The fraction of sp³-hybridized carbons (Fsp3) is 0. The molecule has 0 saturated heterocycles. The number of nitrogens with zero attached hydrogens (tertiary/aromatic N) is 2. The van der Waals surface area contributed by atoms with Gasteiger partial charge in [0.25, 0.3) is 0 Å². The predicted molar refractivity (Wildman–Crippen MR) is 97.4 cm³/mol. The quantitative estimate of drug-likeness (QED) is 0.493. The molecule has 0 spiro atoms. The second-order valence-corrected chi connectivity index (χ2v) is 7.07. The van der Waals surface area contributed by atoms with Crippen molar-refractivity contribution in [3.8, 4) is 11.3 Å². The van der Waals surface area contributed by atoms with E-state index in [-0.39, 0.29) is 5.63 Å². The highest BCUT2D eigenvalue weighted by atomic mass is 79.9. The van der Waals surface area contributed by atoms with Crippen LogP contribution in [0.25, 0.3) is 16.9 Å². The highest BCUT2D eigenvalue weighted by molar-refractivity contribution is 9.10. The van der Waals surface area contributed by atoms with Crippen LogP contribution in [0.15, 0.2) is 90.7 Å². The molecule has 0 amide bonds. The Kier molecular flexibility index (Phi) is 4.00. The number of hydrogen-bond acceptors (Lipinski definition) is 4. The van der Waals surface area contributed by atoms with Gasteiger partial charge in [-0.25, -0.2) is 9.78 Å². The Morgan fingerprint density at radius 3 is 2.83 bits per heavy atom. The van der Waals surface area contributed by atoms with Gasteiger partial charge < -0.3 is 4.42 Å². The first-order chi connectivity index (χ1) is 11.7. The van der Waals surface area contributed by atoms with Gasteiger partial charge in [-0.2, -0.15) is 0 Å². The summed E-state index contributed by atoms with van der Waals surface area (Å²) in [6, 6.07) is 17.2. The maximum Gasteiger partial charge on any atom is 0.336 e. The first-order valence-electron chi connectivity index (χ1n) is 7.20. The summed E-state index contributed by atoms with van der Waals surface area (Å²) in [5.41, 5.74) is 2.38. The Hall–Kier alpha value is -2.31. The Morgan fingerprint density at radius 2 is 2.00 bits per heavy atom. The van der Waals surface area contributed by atoms with Gasteiger partial charge in [0.2, 0.25) is 0 Å². The van der Waals surface area contributed by atoms with Gasteiger partial charge in [-0.3, -0.25) is 4.40 Å². The summed E-state index contributed by atoms with van der Waals surface area (Å²) < 4.78 is 7.82. The van der Waals surface area contributed by atoms with Gasteiger partial charge in [-0.05, 0) is 30.3 Å². The summed E-state index contributed by atoms with van der Waals surface area (Å²) >= 11 is 5.00. The monoisotopic (exact) mass is 398 g/mol. The summed E-state index contributed by atoms with van der Waals surface area (Å²) in [5.74, 6) is 0. The lowest BCUT2D eigenvalue weighted by Gasteiger charge is -2.05. The maximum absolute atomic E-state index is 11.5. The van der Waals surface area contributed by atoms with Gasteiger partial charge in [0, 0.05) is 27.2 Å². The molecule has 24 heavy (non-hydrogen) atoms. The molecule has 4 rings (SSSR count). The van der Waals surface area contributed by atoms with Gasteiger partial charge in [0.05, 0.1) is 6.26 Å². The number of hydrogen-bond donors (Lipinski definition) is 0. The molecule has 118 valence electrons. The second-order valence-electron chi connectivity index (χ2n) is 5.09. The smallest absolute Gasteiger partial charge is 0.336 e. The third-order valence-electron chi connectivity index (χ3n) is 3.48. The lowest BCUT2D eigenvalue weighted by molar-refractivity contribution is 0.506. The molecular weight excluding hydrogens is 388 g/mol. The molecule has 0 aliphatic carbocycles. The molecule has 0 N–H and O–H groups in total.